The normalized spacial score (nSPS) is 17.5. The Hall–Kier alpha value is -4.12. The minimum atomic E-state index is -2.93. The molecule has 1 aliphatic heterocycles. The molecular formula is C34H54F2N8O6S. The number of carbonyl (C=O) groups is 4. The molecule has 4 unspecified atom stereocenters. The summed E-state index contributed by atoms with van der Waals surface area (Å²) >= 11 is 0. The largest absolute Gasteiger partial charge is 0.450 e. The summed E-state index contributed by atoms with van der Waals surface area (Å²) in [6.07, 6.45) is 5.44. The molecule has 286 valence electrons. The predicted molar refractivity (Wildman–Crippen MR) is 194 cm³/mol. The number of anilines is 1. The molecule has 17 heteroatoms. The molecule has 1 aliphatic carbocycles. The van der Waals surface area contributed by atoms with Gasteiger partial charge in [0, 0.05) is 12.5 Å². The molecule has 1 aromatic carbocycles. The zero-order chi connectivity index (χ0) is 38.1. The fourth-order valence-electron chi connectivity index (χ4n) is 4.82. The van der Waals surface area contributed by atoms with E-state index in [9.17, 15) is 32.2 Å². The number of nitrogens with two attached hydrogens (primary N) is 2. The van der Waals surface area contributed by atoms with E-state index >= 15 is 0 Å². The first-order valence-electron chi connectivity index (χ1n) is 17.2. The Bertz CT molecular complexity index is 1390. The second kappa shape index (κ2) is 22.0. The zero-order valence-corrected chi connectivity index (χ0v) is 30.9. The lowest BCUT2D eigenvalue weighted by atomic mass is 10.0. The fraction of sp³-hybridized carbons (Fsp3) is 0.618. The molecule has 51 heavy (non-hydrogen) atoms. The second-order valence-corrected chi connectivity index (χ2v) is 14.6. The minimum Gasteiger partial charge on any atom is -0.450 e. The van der Waals surface area contributed by atoms with E-state index in [-0.39, 0.29) is 24.8 Å². The molecule has 7 N–H and O–H groups in total. The molecule has 1 aromatic rings. The molecule has 2 fully saturated rings. The highest BCUT2D eigenvalue weighted by Gasteiger charge is 2.40. The van der Waals surface area contributed by atoms with Gasteiger partial charge in [-0.3, -0.25) is 19.1 Å². The van der Waals surface area contributed by atoms with E-state index in [1.54, 1.807) is 0 Å². The van der Waals surface area contributed by atoms with Gasteiger partial charge in [-0.1, -0.05) is 45.9 Å². The van der Waals surface area contributed by atoms with Crippen molar-refractivity contribution in [3.8, 4) is 0 Å². The van der Waals surface area contributed by atoms with E-state index in [0.29, 0.717) is 31.4 Å². The minimum absolute atomic E-state index is 0.133. The van der Waals surface area contributed by atoms with Gasteiger partial charge in [-0.25, -0.2) is 23.6 Å². The van der Waals surface area contributed by atoms with Crippen molar-refractivity contribution in [3.05, 3.63) is 35.4 Å². The van der Waals surface area contributed by atoms with Gasteiger partial charge in [0.15, 0.2) is 0 Å². The number of nitrogens with one attached hydrogen (secondary N) is 3. The number of rotatable bonds is 17. The van der Waals surface area contributed by atoms with Gasteiger partial charge in [-0.15, -0.1) is 5.10 Å². The fourth-order valence-corrected chi connectivity index (χ4v) is 5.88. The smallest absolute Gasteiger partial charge is 0.407 e. The van der Waals surface area contributed by atoms with Gasteiger partial charge >= 0.3 is 6.09 Å². The standard InChI is InChI=1S/C30H44F2N8O6S.C4H10/c1-19-10-11-22(40(34)36-18-33)16-21(19)8-5-3-4-6-15-46-30(44)35-17-25(41)39-14-7-9-24(39)28(42)37-26(20(2)27(31)32)29(43)38-47(45)23-12-13-23;1-4(2)3/h5,8,10-11,16,18,20,23-24,26-27H,3-4,6-7,9,12-15,17,34H2,1-2H3,(H2,33,36)(H,35,44)(H,37,42)(H,38,43);4H,1-3H3/b8-5+;. The maximum Gasteiger partial charge on any atom is 0.407 e. The highest BCUT2D eigenvalue weighted by molar-refractivity contribution is 7.84. The van der Waals surface area contributed by atoms with Crippen LogP contribution in [0.25, 0.3) is 6.08 Å². The molecule has 3 rings (SSSR count). The van der Waals surface area contributed by atoms with Crippen LogP contribution in [0.5, 0.6) is 0 Å². The number of halogens is 2. The number of hydrazine groups is 1. The molecule has 1 saturated heterocycles. The Morgan fingerprint density at radius 1 is 1.14 bits per heavy atom. The molecule has 0 spiro atoms. The highest BCUT2D eigenvalue weighted by atomic mass is 32.2. The first kappa shape index (κ1) is 43.0. The van der Waals surface area contributed by atoms with Gasteiger partial charge in [-0.05, 0) is 81.0 Å². The highest BCUT2D eigenvalue weighted by Crippen LogP contribution is 2.25. The Balaban J connectivity index is 0.00000213. The number of allylic oxidation sites excluding steroid dienone is 1. The van der Waals surface area contributed by atoms with E-state index < -0.39 is 65.8 Å². The average Bonchev–Trinajstić information content (AvgIpc) is 3.81. The number of nitrogens with zero attached hydrogens (tertiary/aromatic N) is 3. The summed E-state index contributed by atoms with van der Waals surface area (Å²) in [5, 5.41) is 9.48. The molecule has 0 bridgehead atoms. The van der Waals surface area contributed by atoms with Crippen LogP contribution >= 0.6 is 0 Å². The monoisotopic (exact) mass is 740 g/mol. The molecule has 1 heterocycles. The number of amides is 4. The number of carbonyl (C=O) groups excluding carboxylic acids is 4. The molecule has 14 nitrogen and oxygen atoms in total. The SMILES string of the molecule is CC(C)C.Cc1ccc(N(N)/N=C\N)cc1/C=C/CCCCOC(=O)NCC(=O)N1CCCC1C(=O)NC(C(=O)NS(=O)C1CC1)C(C)C(F)F. The molecule has 4 atom stereocenters. The van der Waals surface area contributed by atoms with Crippen LogP contribution in [-0.4, -0.2) is 82.7 Å². The van der Waals surface area contributed by atoms with Crippen LogP contribution in [0.4, 0.5) is 19.3 Å². The van der Waals surface area contributed by atoms with Gasteiger partial charge in [0.05, 0.1) is 17.5 Å². The maximum atomic E-state index is 13.5. The molecular weight excluding hydrogens is 686 g/mol. The molecule has 4 amide bonds. The van der Waals surface area contributed by atoms with Crippen LogP contribution in [0.3, 0.4) is 0 Å². The molecule has 1 saturated carbocycles. The number of unbranched alkanes of at least 4 members (excludes halogenated alkanes) is 2. The molecule has 2 aliphatic rings. The van der Waals surface area contributed by atoms with Crippen LogP contribution in [0.2, 0.25) is 0 Å². The second-order valence-electron chi connectivity index (χ2n) is 13.2. The summed E-state index contributed by atoms with van der Waals surface area (Å²) in [5.74, 6) is 2.78. The average molecular weight is 741 g/mol. The summed E-state index contributed by atoms with van der Waals surface area (Å²) in [7, 11) is -1.72. The number of likely N-dealkylation sites (tertiary alicyclic amines) is 1. The Morgan fingerprint density at radius 3 is 2.45 bits per heavy atom. The van der Waals surface area contributed by atoms with Crippen LogP contribution in [0.15, 0.2) is 29.4 Å². The third-order valence-electron chi connectivity index (χ3n) is 7.81. The third kappa shape index (κ3) is 15.3. The van der Waals surface area contributed by atoms with Crippen molar-refractivity contribution >= 4 is 52.9 Å². The van der Waals surface area contributed by atoms with Crippen LogP contribution < -0.4 is 32.0 Å². The van der Waals surface area contributed by atoms with E-state index in [1.165, 1.54) is 10.0 Å². The topological polar surface area (TPSA) is 202 Å². The lowest BCUT2D eigenvalue weighted by molar-refractivity contribution is -0.139. The van der Waals surface area contributed by atoms with E-state index in [1.807, 2.05) is 37.3 Å². The van der Waals surface area contributed by atoms with E-state index in [0.717, 1.165) is 43.1 Å². The van der Waals surface area contributed by atoms with Crippen LogP contribution in [0, 0.1) is 18.8 Å². The number of benzene rings is 1. The maximum absolute atomic E-state index is 13.5. The molecule has 0 radical (unpaired) electrons. The number of aryl methyl sites for hydroxylation is 1. The van der Waals surface area contributed by atoms with Gasteiger partial charge in [-0.2, -0.15) is 5.12 Å². The Morgan fingerprint density at radius 2 is 1.82 bits per heavy atom. The lowest BCUT2D eigenvalue weighted by Gasteiger charge is -2.28. The van der Waals surface area contributed by atoms with Crippen LogP contribution in [-0.2, 0) is 30.1 Å². The van der Waals surface area contributed by atoms with Crippen molar-refractivity contribution in [1.29, 1.82) is 0 Å². The van der Waals surface area contributed by atoms with Crippen molar-refractivity contribution in [2.75, 3.05) is 24.8 Å². The van der Waals surface area contributed by atoms with Gasteiger partial charge in [0.25, 0.3) is 5.91 Å². The first-order valence-corrected chi connectivity index (χ1v) is 18.4. The quantitative estimate of drug-likeness (QED) is 0.0522. The van der Waals surface area contributed by atoms with Crippen molar-refractivity contribution in [2.45, 2.75) is 103 Å². The third-order valence-corrected chi connectivity index (χ3v) is 9.28. The first-order chi connectivity index (χ1) is 24.2. The predicted octanol–water partition coefficient (Wildman–Crippen LogP) is 3.47. The van der Waals surface area contributed by atoms with E-state index in [4.69, 9.17) is 16.3 Å². The number of hydrogen-bond acceptors (Lipinski definition) is 9. The summed E-state index contributed by atoms with van der Waals surface area (Å²) in [6.45, 7) is 9.49. The zero-order valence-electron chi connectivity index (χ0n) is 30.1. The Labute approximate surface area is 301 Å². The van der Waals surface area contributed by atoms with Crippen molar-refractivity contribution in [3.63, 3.8) is 0 Å². The van der Waals surface area contributed by atoms with Gasteiger partial charge < -0.3 is 26.0 Å². The van der Waals surface area contributed by atoms with E-state index in [2.05, 4.69) is 41.2 Å². The Kier molecular flexibility index (Phi) is 18.5. The summed E-state index contributed by atoms with van der Waals surface area (Å²) in [4.78, 5) is 51.9. The number of alkyl carbamates (subject to hydrolysis) is 1. The molecule has 0 aromatic heterocycles. The number of hydrazone groups is 1. The van der Waals surface area contributed by atoms with Crippen molar-refractivity contribution in [2.24, 2.45) is 28.5 Å². The van der Waals surface area contributed by atoms with Crippen LogP contribution in [0.1, 0.15) is 83.8 Å². The van der Waals surface area contributed by atoms with Crippen molar-refractivity contribution < 1.29 is 36.9 Å². The summed E-state index contributed by atoms with van der Waals surface area (Å²) in [5.41, 5.74) is 7.99. The van der Waals surface area contributed by atoms with Gasteiger partial charge in [0.1, 0.15) is 36.0 Å². The number of ether oxygens (including phenoxy) is 1. The summed E-state index contributed by atoms with van der Waals surface area (Å²) in [6, 6.07) is 2.98. The number of alkyl halides is 2. The van der Waals surface area contributed by atoms with Gasteiger partial charge in [0.2, 0.25) is 18.2 Å². The number of hydrogen-bond donors (Lipinski definition) is 5. The van der Waals surface area contributed by atoms with Crippen molar-refractivity contribution in [1.82, 2.24) is 20.3 Å². The summed E-state index contributed by atoms with van der Waals surface area (Å²) < 4.78 is 46.5. The lowest BCUT2D eigenvalue weighted by Crippen LogP contribution is -2.57.